The van der Waals surface area contributed by atoms with Crippen LogP contribution in [0.15, 0.2) is 29.2 Å². The average molecular weight is 382 g/mol. The number of carbonyl (C=O) groups excluding carboxylic acids is 1. The fourth-order valence-corrected chi connectivity index (χ4v) is 4.86. The van der Waals surface area contributed by atoms with Crippen molar-refractivity contribution in [1.29, 1.82) is 0 Å². The molecule has 7 nitrogen and oxygen atoms in total. The van der Waals surface area contributed by atoms with E-state index in [0.29, 0.717) is 31.6 Å². The number of aliphatic carboxylic acids is 1. The number of nitrogens with zero attached hydrogens (tertiary/aromatic N) is 1. The SMILES string of the molecule is CCN(CC)S(=O)(=O)c1ccc(NC(=O)[C@@H]2CCCC[C@H]2C(=O)O)cc1. The molecule has 2 N–H and O–H groups in total. The minimum Gasteiger partial charge on any atom is -0.481 e. The third-order valence-corrected chi connectivity index (χ3v) is 6.95. The van der Waals surface area contributed by atoms with E-state index in [2.05, 4.69) is 5.32 Å². The second kappa shape index (κ2) is 8.64. The lowest BCUT2D eigenvalue weighted by molar-refractivity contribution is -0.147. The van der Waals surface area contributed by atoms with Gasteiger partial charge in [-0.15, -0.1) is 0 Å². The van der Waals surface area contributed by atoms with Gasteiger partial charge in [0.25, 0.3) is 0 Å². The van der Waals surface area contributed by atoms with Gasteiger partial charge in [0.05, 0.1) is 16.7 Å². The van der Waals surface area contributed by atoms with E-state index in [4.69, 9.17) is 0 Å². The van der Waals surface area contributed by atoms with Crippen molar-refractivity contribution in [2.24, 2.45) is 11.8 Å². The summed E-state index contributed by atoms with van der Waals surface area (Å²) in [6.07, 6.45) is 2.72. The molecule has 1 amide bonds. The average Bonchev–Trinajstić information content (AvgIpc) is 2.63. The number of carbonyl (C=O) groups is 2. The fraction of sp³-hybridized carbons (Fsp3) is 0.556. The molecule has 1 aromatic carbocycles. The van der Waals surface area contributed by atoms with Crippen molar-refractivity contribution in [2.75, 3.05) is 18.4 Å². The van der Waals surface area contributed by atoms with Gasteiger partial charge < -0.3 is 10.4 Å². The standard InChI is InChI=1S/C18H26N2O5S/c1-3-20(4-2)26(24,25)14-11-9-13(10-12-14)19-17(21)15-7-5-6-8-16(15)18(22)23/h9-12,15-16H,3-8H2,1-2H3,(H,19,21)(H,22,23)/t15-,16-/m1/s1. The Bertz CT molecular complexity index is 741. The maximum absolute atomic E-state index is 12.5. The number of hydrogen-bond donors (Lipinski definition) is 2. The second-order valence-electron chi connectivity index (χ2n) is 6.44. The van der Waals surface area contributed by atoms with E-state index in [9.17, 15) is 23.1 Å². The largest absolute Gasteiger partial charge is 0.481 e. The monoisotopic (exact) mass is 382 g/mol. The lowest BCUT2D eigenvalue weighted by atomic mass is 9.78. The lowest BCUT2D eigenvalue weighted by Gasteiger charge is -2.27. The highest BCUT2D eigenvalue weighted by Crippen LogP contribution is 2.31. The third kappa shape index (κ3) is 4.42. The molecule has 0 aromatic heterocycles. The number of amides is 1. The first-order valence-electron chi connectivity index (χ1n) is 8.95. The van der Waals surface area contributed by atoms with Crippen LogP contribution in [0, 0.1) is 11.8 Å². The van der Waals surface area contributed by atoms with E-state index in [0.717, 1.165) is 12.8 Å². The van der Waals surface area contributed by atoms with Gasteiger partial charge in [0.15, 0.2) is 0 Å². The number of benzene rings is 1. The fourth-order valence-electron chi connectivity index (χ4n) is 3.40. The quantitative estimate of drug-likeness (QED) is 0.754. The van der Waals surface area contributed by atoms with E-state index < -0.39 is 27.8 Å². The van der Waals surface area contributed by atoms with Crippen LogP contribution in [0.4, 0.5) is 5.69 Å². The summed E-state index contributed by atoms with van der Waals surface area (Å²) < 4.78 is 26.3. The van der Waals surface area contributed by atoms with Crippen molar-refractivity contribution in [1.82, 2.24) is 4.31 Å². The van der Waals surface area contributed by atoms with Crippen molar-refractivity contribution < 1.29 is 23.1 Å². The Morgan fingerprint density at radius 2 is 1.62 bits per heavy atom. The maximum Gasteiger partial charge on any atom is 0.307 e. The molecule has 0 saturated heterocycles. The van der Waals surface area contributed by atoms with Crippen LogP contribution in [-0.2, 0) is 19.6 Å². The van der Waals surface area contributed by atoms with E-state index in [1.165, 1.54) is 28.6 Å². The molecular formula is C18H26N2O5S. The zero-order valence-electron chi connectivity index (χ0n) is 15.1. The molecule has 1 aliphatic rings. The van der Waals surface area contributed by atoms with Gasteiger partial charge in [-0.1, -0.05) is 26.7 Å². The molecule has 144 valence electrons. The highest BCUT2D eigenvalue weighted by Gasteiger charge is 2.35. The van der Waals surface area contributed by atoms with Gasteiger partial charge in [-0.25, -0.2) is 8.42 Å². The third-order valence-electron chi connectivity index (χ3n) is 4.88. The normalized spacial score (nSPS) is 20.7. The summed E-state index contributed by atoms with van der Waals surface area (Å²) >= 11 is 0. The van der Waals surface area contributed by atoms with Crippen LogP contribution in [-0.4, -0.2) is 42.8 Å². The van der Waals surface area contributed by atoms with Crippen LogP contribution >= 0.6 is 0 Å². The molecule has 1 aliphatic carbocycles. The first-order valence-corrected chi connectivity index (χ1v) is 10.4. The van der Waals surface area contributed by atoms with Crippen LogP contribution in [0.2, 0.25) is 0 Å². The van der Waals surface area contributed by atoms with Crippen LogP contribution in [0.25, 0.3) is 0 Å². The molecule has 8 heteroatoms. The van der Waals surface area contributed by atoms with E-state index in [1.54, 1.807) is 13.8 Å². The van der Waals surface area contributed by atoms with Crippen molar-refractivity contribution in [3.05, 3.63) is 24.3 Å². The van der Waals surface area contributed by atoms with Crippen molar-refractivity contribution in [2.45, 2.75) is 44.4 Å². The zero-order chi connectivity index (χ0) is 19.3. The summed E-state index contributed by atoms with van der Waals surface area (Å²) in [5.41, 5.74) is 0.461. The molecule has 0 spiro atoms. The summed E-state index contributed by atoms with van der Waals surface area (Å²) in [6, 6.07) is 5.98. The van der Waals surface area contributed by atoms with Gasteiger partial charge in [0.2, 0.25) is 15.9 Å². The Balaban J connectivity index is 2.11. The number of hydrogen-bond acceptors (Lipinski definition) is 4. The Morgan fingerprint density at radius 3 is 2.12 bits per heavy atom. The number of sulfonamides is 1. The second-order valence-corrected chi connectivity index (χ2v) is 8.38. The Kier molecular flexibility index (Phi) is 6.77. The van der Waals surface area contributed by atoms with Crippen LogP contribution in [0.5, 0.6) is 0 Å². The molecule has 26 heavy (non-hydrogen) atoms. The molecule has 0 unspecified atom stereocenters. The van der Waals surface area contributed by atoms with E-state index >= 15 is 0 Å². The number of anilines is 1. The van der Waals surface area contributed by atoms with Gasteiger partial charge in [-0.05, 0) is 37.1 Å². The predicted molar refractivity (Wildman–Crippen MR) is 98.3 cm³/mol. The van der Waals surface area contributed by atoms with Crippen LogP contribution in [0.3, 0.4) is 0 Å². The van der Waals surface area contributed by atoms with Crippen molar-refractivity contribution in [3.63, 3.8) is 0 Å². The topological polar surface area (TPSA) is 104 Å². The first kappa shape index (κ1) is 20.4. The van der Waals surface area contributed by atoms with Gasteiger partial charge >= 0.3 is 5.97 Å². The summed E-state index contributed by atoms with van der Waals surface area (Å²) in [4.78, 5) is 24.0. The van der Waals surface area contributed by atoms with Gasteiger partial charge in [-0.2, -0.15) is 4.31 Å². The summed E-state index contributed by atoms with van der Waals surface area (Å²) in [5.74, 6) is -2.48. The first-order chi connectivity index (χ1) is 12.3. The predicted octanol–water partition coefficient (Wildman–Crippen LogP) is 2.55. The molecule has 0 radical (unpaired) electrons. The number of carboxylic acid groups (broad SMARTS) is 1. The molecule has 0 aliphatic heterocycles. The molecule has 0 heterocycles. The van der Waals surface area contributed by atoms with E-state index in [1.807, 2.05) is 0 Å². The Hall–Kier alpha value is -1.93. The van der Waals surface area contributed by atoms with Gasteiger partial charge in [0.1, 0.15) is 0 Å². The summed E-state index contributed by atoms with van der Waals surface area (Å²) in [7, 11) is -3.54. The molecular weight excluding hydrogens is 356 g/mol. The molecule has 1 fully saturated rings. The highest BCUT2D eigenvalue weighted by atomic mass is 32.2. The number of carboxylic acids is 1. The molecule has 1 aromatic rings. The van der Waals surface area contributed by atoms with Crippen molar-refractivity contribution in [3.8, 4) is 0 Å². The molecule has 2 rings (SSSR count). The van der Waals surface area contributed by atoms with E-state index in [-0.39, 0.29) is 10.8 Å². The lowest BCUT2D eigenvalue weighted by Crippen LogP contribution is -2.36. The van der Waals surface area contributed by atoms with Gasteiger partial charge in [-0.3, -0.25) is 9.59 Å². The zero-order valence-corrected chi connectivity index (χ0v) is 16.0. The van der Waals surface area contributed by atoms with Crippen LogP contribution in [0.1, 0.15) is 39.5 Å². The molecule has 0 bridgehead atoms. The number of nitrogens with one attached hydrogen (secondary N) is 1. The maximum atomic E-state index is 12.5. The summed E-state index contributed by atoms with van der Waals surface area (Å²) in [6.45, 7) is 4.32. The summed E-state index contributed by atoms with van der Waals surface area (Å²) in [5, 5.41) is 12.0. The Morgan fingerprint density at radius 1 is 1.08 bits per heavy atom. The Labute approximate surface area is 154 Å². The molecule has 2 atom stereocenters. The highest BCUT2D eigenvalue weighted by molar-refractivity contribution is 7.89. The number of rotatable bonds is 7. The van der Waals surface area contributed by atoms with Crippen molar-refractivity contribution >= 4 is 27.6 Å². The van der Waals surface area contributed by atoms with Crippen LogP contribution < -0.4 is 5.32 Å². The smallest absolute Gasteiger partial charge is 0.307 e. The minimum atomic E-state index is -3.54. The molecule has 1 saturated carbocycles. The van der Waals surface area contributed by atoms with Gasteiger partial charge in [0, 0.05) is 18.8 Å². The minimum absolute atomic E-state index is 0.167.